The summed E-state index contributed by atoms with van der Waals surface area (Å²) in [4.78, 5) is 2.48. The van der Waals surface area contributed by atoms with E-state index < -0.39 is 5.41 Å². The molecule has 53 heavy (non-hydrogen) atoms. The van der Waals surface area contributed by atoms with Gasteiger partial charge in [-0.3, -0.25) is 0 Å². The number of hydrogen-bond donors (Lipinski definition) is 0. The minimum atomic E-state index is -0.397. The fourth-order valence-electron chi connectivity index (χ4n) is 10.2. The fraction of sp³-hybridized carbons (Fsp3) is 0.0588. The van der Waals surface area contributed by atoms with Crippen molar-refractivity contribution in [1.29, 1.82) is 0 Å². The number of anilines is 2. The highest BCUT2D eigenvalue weighted by molar-refractivity contribution is 6.28. The molecule has 3 aliphatic carbocycles. The zero-order valence-electron chi connectivity index (χ0n) is 29.1. The highest BCUT2D eigenvalue weighted by Crippen LogP contribution is 2.63. The van der Waals surface area contributed by atoms with Gasteiger partial charge >= 0.3 is 0 Å². The van der Waals surface area contributed by atoms with Crippen molar-refractivity contribution in [3.63, 3.8) is 0 Å². The zero-order valence-corrected chi connectivity index (χ0v) is 29.1. The van der Waals surface area contributed by atoms with Crippen molar-refractivity contribution in [1.82, 2.24) is 4.57 Å². The maximum atomic E-state index is 2.55. The van der Waals surface area contributed by atoms with E-state index in [9.17, 15) is 0 Å². The Morgan fingerprint density at radius 3 is 2.00 bits per heavy atom. The van der Waals surface area contributed by atoms with Crippen LogP contribution in [0.3, 0.4) is 0 Å². The van der Waals surface area contributed by atoms with Crippen molar-refractivity contribution in [3.05, 3.63) is 215 Å². The molecule has 2 nitrogen and oxygen atoms in total. The first-order valence-corrected chi connectivity index (χ1v) is 18.7. The Hall–Kier alpha value is -6.64. The van der Waals surface area contributed by atoms with Crippen LogP contribution in [0.2, 0.25) is 0 Å². The van der Waals surface area contributed by atoms with E-state index in [0.29, 0.717) is 0 Å². The Bertz CT molecular complexity index is 2930. The molecule has 2 unspecified atom stereocenters. The summed E-state index contributed by atoms with van der Waals surface area (Å²) in [5.41, 5.74) is 16.6. The zero-order chi connectivity index (χ0) is 34.7. The Kier molecular flexibility index (Phi) is 5.85. The minimum Gasteiger partial charge on any atom is -0.334 e. The normalized spacial score (nSPS) is 17.5. The van der Waals surface area contributed by atoms with Gasteiger partial charge in [0.25, 0.3) is 0 Å². The molecule has 0 fully saturated rings. The van der Waals surface area contributed by atoms with Gasteiger partial charge in [0.05, 0.1) is 22.5 Å². The van der Waals surface area contributed by atoms with E-state index in [1.807, 2.05) is 0 Å². The molecule has 0 bridgehead atoms. The highest BCUT2D eigenvalue weighted by Gasteiger charge is 2.50. The number of benzene rings is 8. The summed E-state index contributed by atoms with van der Waals surface area (Å²) >= 11 is 0. The summed E-state index contributed by atoms with van der Waals surface area (Å²) in [5.74, 6) is 0. The van der Waals surface area contributed by atoms with Crippen LogP contribution in [0.25, 0.3) is 55.5 Å². The largest absolute Gasteiger partial charge is 0.334 e. The SMILES string of the molecule is C1=CC(N(c2ccccc2)c2ccccc2)Cc2cc(-n3c4ccc5c6c4c4c7c(cccc7ccc43)C6(c3ccccc3)c3ccccc3-5)ccc21. The number of para-hydroxylation sites is 2. The molecule has 1 heterocycles. The Morgan fingerprint density at radius 2 is 1.21 bits per heavy atom. The van der Waals surface area contributed by atoms with Crippen LogP contribution in [-0.2, 0) is 11.8 Å². The summed E-state index contributed by atoms with van der Waals surface area (Å²) in [6, 6.07) is 65.7. The van der Waals surface area contributed by atoms with Gasteiger partial charge in [-0.15, -0.1) is 0 Å². The lowest BCUT2D eigenvalue weighted by Gasteiger charge is -2.37. The molecular formula is C51H34N2. The standard InChI is InChI=1S/C51H34N2/c1-4-14-36(15-5-1)51-43-21-11-10-20-41(43)42-28-30-46-49(50(42)51)48-45(29-25-34-13-12-22-44(51)47(34)48)53(46)40-27-24-33-23-26-39(31-35(33)32-40)52(37-16-6-2-7-17-37)38-18-8-3-9-19-38/h1-30,32,39H,31H2. The average molecular weight is 675 g/mol. The molecule has 0 aliphatic heterocycles. The molecule has 0 amide bonds. The molecule has 1 aromatic heterocycles. The molecule has 0 spiro atoms. The van der Waals surface area contributed by atoms with E-state index >= 15 is 0 Å². The molecule has 12 rings (SSSR count). The maximum absolute atomic E-state index is 2.55. The second kappa shape index (κ2) is 10.7. The molecule has 2 heteroatoms. The number of hydrogen-bond acceptors (Lipinski definition) is 1. The second-order valence-electron chi connectivity index (χ2n) is 14.8. The van der Waals surface area contributed by atoms with Crippen LogP contribution in [0.15, 0.2) is 182 Å². The fourth-order valence-corrected chi connectivity index (χ4v) is 10.2. The van der Waals surface area contributed by atoms with Crippen molar-refractivity contribution in [2.45, 2.75) is 17.9 Å². The van der Waals surface area contributed by atoms with E-state index in [0.717, 1.165) is 6.42 Å². The lowest BCUT2D eigenvalue weighted by molar-refractivity contribution is 0.766. The van der Waals surface area contributed by atoms with Crippen molar-refractivity contribution < 1.29 is 0 Å². The van der Waals surface area contributed by atoms with Crippen LogP contribution in [0, 0.1) is 0 Å². The van der Waals surface area contributed by atoms with Gasteiger partial charge < -0.3 is 9.47 Å². The van der Waals surface area contributed by atoms with E-state index in [1.165, 1.54) is 94.1 Å². The molecular weight excluding hydrogens is 641 g/mol. The molecule has 0 radical (unpaired) electrons. The molecule has 9 aromatic rings. The predicted octanol–water partition coefficient (Wildman–Crippen LogP) is 12.4. The summed E-state index contributed by atoms with van der Waals surface area (Å²) in [5, 5.41) is 5.43. The summed E-state index contributed by atoms with van der Waals surface area (Å²) < 4.78 is 2.55. The van der Waals surface area contributed by atoms with Crippen LogP contribution in [0.1, 0.15) is 33.4 Å². The first-order valence-electron chi connectivity index (χ1n) is 18.7. The van der Waals surface area contributed by atoms with Crippen molar-refractivity contribution in [2.24, 2.45) is 0 Å². The predicted molar refractivity (Wildman–Crippen MR) is 221 cm³/mol. The van der Waals surface area contributed by atoms with Crippen LogP contribution in [0.5, 0.6) is 0 Å². The van der Waals surface area contributed by atoms with Crippen LogP contribution in [0.4, 0.5) is 11.4 Å². The topological polar surface area (TPSA) is 8.17 Å². The van der Waals surface area contributed by atoms with Crippen molar-refractivity contribution >= 4 is 50.0 Å². The molecule has 0 saturated carbocycles. The summed E-state index contributed by atoms with van der Waals surface area (Å²) in [7, 11) is 0. The van der Waals surface area contributed by atoms with Crippen LogP contribution in [-0.4, -0.2) is 10.6 Å². The van der Waals surface area contributed by atoms with Crippen LogP contribution >= 0.6 is 0 Å². The van der Waals surface area contributed by atoms with E-state index in [2.05, 4.69) is 198 Å². The Morgan fingerprint density at radius 1 is 0.528 bits per heavy atom. The second-order valence-corrected chi connectivity index (χ2v) is 14.8. The number of aromatic nitrogens is 1. The third-order valence-corrected chi connectivity index (χ3v) is 12.3. The first kappa shape index (κ1) is 29.0. The third-order valence-electron chi connectivity index (χ3n) is 12.3. The van der Waals surface area contributed by atoms with Gasteiger partial charge in [0.1, 0.15) is 0 Å². The Labute approximate surface area is 308 Å². The van der Waals surface area contributed by atoms with Crippen molar-refractivity contribution in [3.8, 4) is 16.8 Å². The molecule has 248 valence electrons. The molecule has 0 N–H and O–H groups in total. The number of fused-ring (bicyclic) bond motifs is 5. The minimum absolute atomic E-state index is 0.183. The molecule has 8 aromatic carbocycles. The van der Waals surface area contributed by atoms with Gasteiger partial charge in [0, 0.05) is 27.8 Å². The van der Waals surface area contributed by atoms with Gasteiger partial charge in [0.15, 0.2) is 0 Å². The third kappa shape index (κ3) is 3.77. The quantitative estimate of drug-likeness (QED) is 0.176. The lowest BCUT2D eigenvalue weighted by Crippen LogP contribution is -2.32. The van der Waals surface area contributed by atoms with Gasteiger partial charge in [0.2, 0.25) is 0 Å². The molecule has 0 saturated heterocycles. The van der Waals surface area contributed by atoms with Gasteiger partial charge in [-0.1, -0.05) is 140 Å². The van der Waals surface area contributed by atoms with Gasteiger partial charge in [-0.25, -0.2) is 0 Å². The van der Waals surface area contributed by atoms with Gasteiger partial charge in [-0.2, -0.15) is 0 Å². The van der Waals surface area contributed by atoms with E-state index in [1.54, 1.807) is 0 Å². The van der Waals surface area contributed by atoms with Gasteiger partial charge in [-0.05, 0) is 110 Å². The number of rotatable bonds is 5. The van der Waals surface area contributed by atoms with E-state index in [-0.39, 0.29) is 6.04 Å². The van der Waals surface area contributed by atoms with E-state index in [4.69, 9.17) is 0 Å². The number of nitrogens with zero attached hydrogens (tertiary/aromatic N) is 2. The Balaban J connectivity index is 1.10. The maximum Gasteiger partial charge on any atom is 0.0726 e. The van der Waals surface area contributed by atoms with Crippen LogP contribution < -0.4 is 4.90 Å². The van der Waals surface area contributed by atoms with Crippen molar-refractivity contribution in [2.75, 3.05) is 4.90 Å². The molecule has 3 aliphatic rings. The molecule has 2 atom stereocenters. The monoisotopic (exact) mass is 674 g/mol. The summed E-state index contributed by atoms with van der Waals surface area (Å²) in [6.07, 6.45) is 5.61. The average Bonchev–Trinajstić information content (AvgIpc) is 3.73. The summed E-state index contributed by atoms with van der Waals surface area (Å²) in [6.45, 7) is 0. The highest BCUT2D eigenvalue weighted by atomic mass is 15.2. The lowest BCUT2D eigenvalue weighted by atomic mass is 9.63. The first-order chi connectivity index (χ1) is 26.3. The smallest absolute Gasteiger partial charge is 0.0726 e.